The second kappa shape index (κ2) is 8.85. The summed E-state index contributed by atoms with van der Waals surface area (Å²) in [7, 11) is 0. The fourth-order valence-corrected chi connectivity index (χ4v) is 2.92. The number of hydrogen-bond acceptors (Lipinski definition) is 4. The van der Waals surface area contributed by atoms with E-state index in [1.54, 1.807) is 36.4 Å². The van der Waals surface area contributed by atoms with Crippen LogP contribution in [0.4, 0.5) is 0 Å². The lowest BCUT2D eigenvalue weighted by atomic mass is 9.93. The van der Waals surface area contributed by atoms with E-state index in [4.69, 9.17) is 9.84 Å². The molecule has 2 unspecified atom stereocenters. The molecule has 0 aromatic heterocycles. The van der Waals surface area contributed by atoms with Gasteiger partial charge in [0.05, 0.1) is 6.04 Å². The Kier molecular flexibility index (Phi) is 6.06. The summed E-state index contributed by atoms with van der Waals surface area (Å²) in [5.41, 5.74) is 0.912. The number of ether oxygens (including phenoxy) is 1. The van der Waals surface area contributed by atoms with Gasteiger partial charge in [0.2, 0.25) is 5.91 Å². The number of benzene rings is 2. The van der Waals surface area contributed by atoms with E-state index in [1.165, 1.54) is 4.90 Å². The third-order valence-electron chi connectivity index (χ3n) is 4.27. The summed E-state index contributed by atoms with van der Waals surface area (Å²) in [6.45, 7) is -0.655. The van der Waals surface area contributed by atoms with Gasteiger partial charge in [0, 0.05) is 0 Å². The highest BCUT2D eigenvalue weighted by molar-refractivity contribution is 5.96. The molecular formula is C21H20N2O5. The first-order valence-corrected chi connectivity index (χ1v) is 8.77. The molecule has 0 bridgehead atoms. The SMILES string of the molecule is O=C(O)CN1C(=O)C(NC(=O)COc2ccccc2)C1C=Cc1ccccc1. The fraction of sp³-hybridized carbons (Fsp3) is 0.190. The number of aliphatic carboxylic acids is 1. The molecule has 2 N–H and O–H groups in total. The molecule has 1 saturated heterocycles. The number of carbonyl (C=O) groups is 3. The standard InChI is InChI=1S/C21H20N2O5/c24-18(14-28-16-9-5-2-6-10-16)22-20-17(23(21(20)27)13-19(25)26)12-11-15-7-3-1-4-8-15/h1-12,17,20H,13-14H2,(H,22,24)(H,25,26). The third kappa shape index (κ3) is 4.76. The van der Waals surface area contributed by atoms with Crippen molar-refractivity contribution in [1.29, 1.82) is 0 Å². The van der Waals surface area contributed by atoms with Gasteiger partial charge in [0.1, 0.15) is 18.3 Å². The minimum atomic E-state index is -1.11. The van der Waals surface area contributed by atoms with Crippen LogP contribution in [-0.4, -0.2) is 53.0 Å². The maximum atomic E-state index is 12.3. The van der Waals surface area contributed by atoms with Crippen LogP contribution in [0.2, 0.25) is 0 Å². The maximum absolute atomic E-state index is 12.3. The number of β-lactam (4-membered cyclic amide) rings is 1. The highest BCUT2D eigenvalue weighted by atomic mass is 16.5. The Bertz CT molecular complexity index is 867. The van der Waals surface area contributed by atoms with Crippen molar-refractivity contribution in [2.24, 2.45) is 0 Å². The van der Waals surface area contributed by atoms with Gasteiger partial charge in [-0.25, -0.2) is 0 Å². The number of likely N-dealkylation sites (tertiary alicyclic amines) is 1. The van der Waals surface area contributed by atoms with E-state index in [1.807, 2.05) is 36.4 Å². The van der Waals surface area contributed by atoms with Crippen LogP contribution in [0, 0.1) is 0 Å². The van der Waals surface area contributed by atoms with Gasteiger partial charge in [-0.05, 0) is 17.7 Å². The molecule has 7 heteroatoms. The van der Waals surface area contributed by atoms with E-state index in [0.29, 0.717) is 5.75 Å². The average molecular weight is 380 g/mol. The number of carboxylic acid groups (broad SMARTS) is 1. The van der Waals surface area contributed by atoms with Crippen molar-refractivity contribution in [3.63, 3.8) is 0 Å². The van der Waals surface area contributed by atoms with Crippen LogP contribution in [-0.2, 0) is 14.4 Å². The van der Waals surface area contributed by atoms with Crippen molar-refractivity contribution in [1.82, 2.24) is 10.2 Å². The topological polar surface area (TPSA) is 95.9 Å². The summed E-state index contributed by atoms with van der Waals surface area (Å²) in [4.78, 5) is 36.7. The van der Waals surface area contributed by atoms with Gasteiger partial charge in [0.15, 0.2) is 6.61 Å². The monoisotopic (exact) mass is 380 g/mol. The predicted octanol–water partition coefficient (Wildman–Crippen LogP) is 1.56. The fourth-order valence-electron chi connectivity index (χ4n) is 2.92. The summed E-state index contributed by atoms with van der Waals surface area (Å²) >= 11 is 0. The number of amides is 2. The largest absolute Gasteiger partial charge is 0.484 e. The normalized spacial score (nSPS) is 18.6. The molecule has 3 rings (SSSR count). The van der Waals surface area contributed by atoms with Gasteiger partial charge in [0.25, 0.3) is 5.91 Å². The second-order valence-corrected chi connectivity index (χ2v) is 6.27. The Morgan fingerprint density at radius 3 is 2.36 bits per heavy atom. The molecule has 0 saturated carbocycles. The molecule has 2 aromatic rings. The number of hydrogen-bond donors (Lipinski definition) is 2. The van der Waals surface area contributed by atoms with E-state index < -0.39 is 36.4 Å². The lowest BCUT2D eigenvalue weighted by molar-refractivity contribution is -0.157. The second-order valence-electron chi connectivity index (χ2n) is 6.27. The Balaban J connectivity index is 1.63. The van der Waals surface area contributed by atoms with Crippen molar-refractivity contribution in [2.75, 3.05) is 13.2 Å². The van der Waals surface area contributed by atoms with Crippen LogP contribution in [0.5, 0.6) is 5.75 Å². The number of nitrogens with one attached hydrogen (secondary N) is 1. The zero-order valence-corrected chi connectivity index (χ0v) is 15.0. The van der Waals surface area contributed by atoms with Gasteiger partial charge < -0.3 is 20.1 Å². The summed E-state index contributed by atoms with van der Waals surface area (Å²) in [6, 6.07) is 16.9. The third-order valence-corrected chi connectivity index (χ3v) is 4.27. The highest BCUT2D eigenvalue weighted by Crippen LogP contribution is 2.22. The molecule has 1 heterocycles. The van der Waals surface area contributed by atoms with Crippen molar-refractivity contribution in [2.45, 2.75) is 12.1 Å². The molecule has 0 aliphatic carbocycles. The van der Waals surface area contributed by atoms with Crippen molar-refractivity contribution < 1.29 is 24.2 Å². The predicted molar refractivity (Wildman–Crippen MR) is 102 cm³/mol. The lowest BCUT2D eigenvalue weighted by Crippen LogP contribution is -2.71. The molecule has 1 aliphatic rings. The van der Waals surface area contributed by atoms with E-state index in [9.17, 15) is 14.4 Å². The van der Waals surface area contributed by atoms with Crippen LogP contribution in [0.25, 0.3) is 6.08 Å². The first kappa shape index (κ1) is 19.2. The van der Waals surface area contributed by atoms with Crippen molar-refractivity contribution in [3.8, 4) is 5.75 Å². The van der Waals surface area contributed by atoms with Crippen LogP contribution >= 0.6 is 0 Å². The average Bonchev–Trinajstić information content (AvgIpc) is 2.71. The molecule has 0 radical (unpaired) electrons. The van der Waals surface area contributed by atoms with Crippen LogP contribution < -0.4 is 10.1 Å². The molecule has 1 fully saturated rings. The van der Waals surface area contributed by atoms with E-state index in [-0.39, 0.29) is 6.61 Å². The quantitative estimate of drug-likeness (QED) is 0.678. The Morgan fingerprint density at radius 2 is 1.71 bits per heavy atom. The first-order chi connectivity index (χ1) is 13.5. The van der Waals surface area contributed by atoms with Crippen molar-refractivity contribution >= 4 is 23.9 Å². The minimum Gasteiger partial charge on any atom is -0.484 e. The Hall–Kier alpha value is -3.61. The van der Waals surface area contributed by atoms with Gasteiger partial charge in [-0.2, -0.15) is 0 Å². The first-order valence-electron chi connectivity index (χ1n) is 8.77. The molecule has 144 valence electrons. The number of carboxylic acids is 1. The highest BCUT2D eigenvalue weighted by Gasteiger charge is 2.47. The molecule has 0 spiro atoms. The lowest BCUT2D eigenvalue weighted by Gasteiger charge is -2.45. The molecule has 7 nitrogen and oxygen atoms in total. The van der Waals surface area contributed by atoms with Gasteiger partial charge in [-0.15, -0.1) is 0 Å². The van der Waals surface area contributed by atoms with Gasteiger partial charge in [-0.3, -0.25) is 14.4 Å². The van der Waals surface area contributed by atoms with Gasteiger partial charge in [-0.1, -0.05) is 60.7 Å². The zero-order chi connectivity index (χ0) is 19.9. The Morgan fingerprint density at radius 1 is 1.07 bits per heavy atom. The smallest absolute Gasteiger partial charge is 0.323 e. The Labute approximate surface area is 162 Å². The number of para-hydroxylation sites is 1. The summed E-state index contributed by atoms with van der Waals surface area (Å²) in [5.74, 6) is -1.44. The molecule has 2 amide bonds. The van der Waals surface area contributed by atoms with Gasteiger partial charge >= 0.3 is 5.97 Å². The van der Waals surface area contributed by atoms with Crippen LogP contribution in [0.3, 0.4) is 0 Å². The maximum Gasteiger partial charge on any atom is 0.323 e. The number of carbonyl (C=O) groups excluding carboxylic acids is 2. The minimum absolute atomic E-state index is 0.234. The van der Waals surface area contributed by atoms with Crippen LogP contribution in [0.1, 0.15) is 5.56 Å². The number of rotatable bonds is 8. The van der Waals surface area contributed by atoms with Crippen LogP contribution in [0.15, 0.2) is 66.7 Å². The molecular weight excluding hydrogens is 360 g/mol. The number of nitrogens with zero attached hydrogens (tertiary/aromatic N) is 1. The van der Waals surface area contributed by atoms with Crippen molar-refractivity contribution in [3.05, 3.63) is 72.3 Å². The van der Waals surface area contributed by atoms with E-state index in [0.717, 1.165) is 5.56 Å². The van der Waals surface area contributed by atoms with E-state index >= 15 is 0 Å². The summed E-state index contributed by atoms with van der Waals surface area (Å²) in [6.07, 6.45) is 3.52. The molecule has 2 aromatic carbocycles. The zero-order valence-electron chi connectivity index (χ0n) is 15.0. The molecule has 28 heavy (non-hydrogen) atoms. The molecule has 2 atom stereocenters. The summed E-state index contributed by atoms with van der Waals surface area (Å²) in [5, 5.41) is 11.6. The summed E-state index contributed by atoms with van der Waals surface area (Å²) < 4.78 is 5.38. The van der Waals surface area contributed by atoms with E-state index in [2.05, 4.69) is 5.32 Å². The molecule has 1 aliphatic heterocycles.